The second-order valence-corrected chi connectivity index (χ2v) is 3.46. The molecular weight excluding hydrogens is 180 g/mol. The minimum atomic E-state index is -0.00171. The van der Waals surface area contributed by atoms with Crippen molar-refractivity contribution >= 4 is 5.91 Å². The summed E-state index contributed by atoms with van der Waals surface area (Å²) in [4.78, 5) is 14.5. The van der Waals surface area contributed by atoms with E-state index >= 15 is 0 Å². The number of aromatic nitrogens is 1. The molecule has 4 nitrogen and oxygen atoms in total. The quantitative estimate of drug-likeness (QED) is 0.735. The van der Waals surface area contributed by atoms with Gasteiger partial charge < -0.3 is 15.0 Å². The zero-order valence-electron chi connectivity index (χ0n) is 7.95. The number of aromatic amines is 1. The highest BCUT2D eigenvalue weighted by atomic mass is 16.5. The Balaban J connectivity index is 1.87. The number of rotatable bonds is 2. The topological polar surface area (TPSA) is 54.1 Å². The van der Waals surface area contributed by atoms with Crippen molar-refractivity contribution < 1.29 is 9.53 Å². The number of carbonyl (C=O) groups excluding carboxylic acids is 1. The number of hydrogen-bond donors (Lipinski definition) is 2. The number of hydrogen-bond acceptors (Lipinski definition) is 2. The van der Waals surface area contributed by atoms with Crippen LogP contribution in [-0.2, 0) is 4.74 Å². The van der Waals surface area contributed by atoms with E-state index in [1.807, 2.05) is 0 Å². The lowest BCUT2D eigenvalue weighted by Crippen LogP contribution is -2.38. The molecule has 0 aromatic carbocycles. The van der Waals surface area contributed by atoms with Crippen molar-refractivity contribution in [3.63, 3.8) is 0 Å². The van der Waals surface area contributed by atoms with Gasteiger partial charge in [-0.3, -0.25) is 4.79 Å². The van der Waals surface area contributed by atoms with Crippen LogP contribution in [0, 0.1) is 0 Å². The molecule has 4 heteroatoms. The number of carbonyl (C=O) groups is 1. The van der Waals surface area contributed by atoms with Gasteiger partial charge in [0.25, 0.3) is 5.91 Å². The van der Waals surface area contributed by atoms with E-state index in [0.717, 1.165) is 26.1 Å². The van der Waals surface area contributed by atoms with Crippen molar-refractivity contribution in [1.82, 2.24) is 10.3 Å². The normalized spacial score (nSPS) is 18.0. The van der Waals surface area contributed by atoms with Crippen LogP contribution in [0.4, 0.5) is 0 Å². The molecule has 1 aliphatic rings. The molecule has 0 aliphatic carbocycles. The van der Waals surface area contributed by atoms with Crippen molar-refractivity contribution in [2.24, 2.45) is 0 Å². The number of amides is 1. The van der Waals surface area contributed by atoms with Crippen LogP contribution in [-0.4, -0.2) is 30.1 Å². The highest BCUT2D eigenvalue weighted by Gasteiger charge is 2.16. The molecule has 0 saturated carbocycles. The number of ether oxygens (including phenoxy) is 1. The molecule has 0 unspecified atom stereocenters. The summed E-state index contributed by atoms with van der Waals surface area (Å²) < 4.78 is 5.21. The second kappa shape index (κ2) is 4.28. The van der Waals surface area contributed by atoms with E-state index in [9.17, 15) is 4.79 Å². The largest absolute Gasteiger partial charge is 0.381 e. The highest BCUT2D eigenvalue weighted by Crippen LogP contribution is 2.07. The molecule has 1 amide bonds. The maximum atomic E-state index is 11.6. The van der Waals surface area contributed by atoms with Gasteiger partial charge in [-0.2, -0.15) is 0 Å². The van der Waals surface area contributed by atoms with E-state index in [1.165, 1.54) is 0 Å². The Labute approximate surface area is 82.6 Å². The predicted molar refractivity (Wildman–Crippen MR) is 52.1 cm³/mol. The average molecular weight is 194 g/mol. The monoisotopic (exact) mass is 194 g/mol. The summed E-state index contributed by atoms with van der Waals surface area (Å²) in [6.07, 6.45) is 5.28. The molecule has 0 spiro atoms. The van der Waals surface area contributed by atoms with E-state index < -0.39 is 0 Å². The summed E-state index contributed by atoms with van der Waals surface area (Å²) in [5.41, 5.74) is 0.691. The van der Waals surface area contributed by atoms with Crippen LogP contribution in [0.15, 0.2) is 18.5 Å². The molecule has 1 saturated heterocycles. The molecule has 2 N–H and O–H groups in total. The smallest absolute Gasteiger partial charge is 0.253 e. The van der Waals surface area contributed by atoms with E-state index in [1.54, 1.807) is 18.5 Å². The third-order valence-corrected chi connectivity index (χ3v) is 2.42. The van der Waals surface area contributed by atoms with Crippen LogP contribution >= 0.6 is 0 Å². The molecule has 1 aromatic heterocycles. The van der Waals surface area contributed by atoms with E-state index in [2.05, 4.69) is 10.3 Å². The fourth-order valence-electron chi connectivity index (χ4n) is 1.58. The molecule has 1 aromatic rings. The fourth-order valence-corrected chi connectivity index (χ4v) is 1.58. The van der Waals surface area contributed by atoms with E-state index in [0.29, 0.717) is 5.56 Å². The summed E-state index contributed by atoms with van der Waals surface area (Å²) in [6, 6.07) is 2.04. The van der Waals surface area contributed by atoms with Crippen molar-refractivity contribution in [2.75, 3.05) is 13.2 Å². The number of H-pyrrole nitrogens is 1. The molecule has 2 heterocycles. The Morgan fingerprint density at radius 3 is 2.93 bits per heavy atom. The lowest BCUT2D eigenvalue weighted by atomic mass is 10.1. The maximum absolute atomic E-state index is 11.6. The number of nitrogens with one attached hydrogen (secondary N) is 2. The average Bonchev–Trinajstić information content (AvgIpc) is 2.72. The van der Waals surface area contributed by atoms with Gasteiger partial charge in [0.2, 0.25) is 0 Å². The standard InChI is InChI=1S/C10H14N2O2/c13-10(8-1-4-11-7-8)12-9-2-5-14-6-3-9/h1,4,7,9,11H,2-3,5-6H2,(H,12,13). The van der Waals surface area contributed by atoms with Gasteiger partial charge in [0.1, 0.15) is 0 Å². The first-order valence-electron chi connectivity index (χ1n) is 4.87. The summed E-state index contributed by atoms with van der Waals surface area (Å²) in [5.74, 6) is -0.00171. The Bertz CT molecular complexity index is 289. The molecule has 1 aliphatic heterocycles. The Morgan fingerprint density at radius 1 is 1.50 bits per heavy atom. The Hall–Kier alpha value is -1.29. The minimum Gasteiger partial charge on any atom is -0.381 e. The van der Waals surface area contributed by atoms with Gasteiger partial charge in [-0.05, 0) is 18.9 Å². The van der Waals surface area contributed by atoms with Gasteiger partial charge in [0.05, 0.1) is 5.56 Å². The van der Waals surface area contributed by atoms with Crippen molar-refractivity contribution in [3.05, 3.63) is 24.0 Å². The summed E-state index contributed by atoms with van der Waals surface area (Å²) in [6.45, 7) is 1.50. The first-order valence-corrected chi connectivity index (χ1v) is 4.87. The molecule has 1 fully saturated rings. The minimum absolute atomic E-state index is 0.00171. The molecule has 14 heavy (non-hydrogen) atoms. The van der Waals surface area contributed by atoms with Crippen LogP contribution in [0.3, 0.4) is 0 Å². The first-order chi connectivity index (χ1) is 6.86. The van der Waals surface area contributed by atoms with E-state index in [-0.39, 0.29) is 11.9 Å². The highest BCUT2D eigenvalue weighted by molar-refractivity contribution is 5.94. The van der Waals surface area contributed by atoms with Crippen LogP contribution in [0.25, 0.3) is 0 Å². The van der Waals surface area contributed by atoms with Crippen LogP contribution < -0.4 is 5.32 Å². The van der Waals surface area contributed by atoms with Crippen LogP contribution in [0.1, 0.15) is 23.2 Å². The van der Waals surface area contributed by atoms with Crippen LogP contribution in [0.2, 0.25) is 0 Å². The molecule has 0 bridgehead atoms. The van der Waals surface area contributed by atoms with Crippen molar-refractivity contribution in [2.45, 2.75) is 18.9 Å². The second-order valence-electron chi connectivity index (χ2n) is 3.46. The van der Waals surface area contributed by atoms with Gasteiger partial charge >= 0.3 is 0 Å². The molecular formula is C10H14N2O2. The van der Waals surface area contributed by atoms with Crippen molar-refractivity contribution in [3.8, 4) is 0 Å². The fraction of sp³-hybridized carbons (Fsp3) is 0.500. The van der Waals surface area contributed by atoms with Gasteiger partial charge in [0, 0.05) is 31.6 Å². The third kappa shape index (κ3) is 2.14. The molecule has 2 rings (SSSR count). The lowest BCUT2D eigenvalue weighted by molar-refractivity contribution is 0.0696. The summed E-state index contributed by atoms with van der Waals surface area (Å²) in [5, 5.41) is 2.98. The zero-order valence-corrected chi connectivity index (χ0v) is 7.95. The van der Waals surface area contributed by atoms with Crippen molar-refractivity contribution in [1.29, 1.82) is 0 Å². The summed E-state index contributed by atoms with van der Waals surface area (Å²) in [7, 11) is 0. The molecule has 0 atom stereocenters. The van der Waals surface area contributed by atoms with Gasteiger partial charge in [-0.15, -0.1) is 0 Å². The SMILES string of the molecule is O=C(NC1CCOCC1)c1cc[nH]c1. The van der Waals surface area contributed by atoms with Gasteiger partial charge in [0.15, 0.2) is 0 Å². The van der Waals surface area contributed by atoms with Crippen LogP contribution in [0.5, 0.6) is 0 Å². The zero-order chi connectivity index (χ0) is 9.80. The molecule has 76 valence electrons. The molecule has 0 radical (unpaired) electrons. The first kappa shape index (κ1) is 9.27. The predicted octanol–water partition coefficient (Wildman–Crippen LogP) is 0.923. The summed E-state index contributed by atoms with van der Waals surface area (Å²) >= 11 is 0. The lowest BCUT2D eigenvalue weighted by Gasteiger charge is -2.22. The van der Waals surface area contributed by atoms with Gasteiger partial charge in [-0.25, -0.2) is 0 Å². The van der Waals surface area contributed by atoms with E-state index in [4.69, 9.17) is 4.74 Å². The Kier molecular flexibility index (Phi) is 2.84. The third-order valence-electron chi connectivity index (χ3n) is 2.42. The van der Waals surface area contributed by atoms with Gasteiger partial charge in [-0.1, -0.05) is 0 Å². The maximum Gasteiger partial charge on any atom is 0.253 e. The Morgan fingerprint density at radius 2 is 2.29 bits per heavy atom.